The van der Waals surface area contributed by atoms with Gasteiger partial charge in [0.15, 0.2) is 18.0 Å². The Morgan fingerprint density at radius 1 is 0.795 bits per heavy atom. The molecule has 4 rings (SSSR count). The van der Waals surface area contributed by atoms with E-state index in [0.29, 0.717) is 5.69 Å². The topological polar surface area (TPSA) is 174 Å². The van der Waals surface area contributed by atoms with Gasteiger partial charge in [-0.2, -0.15) is 0 Å². The molecule has 0 spiro atoms. The summed E-state index contributed by atoms with van der Waals surface area (Å²) in [7, 11) is 0. The minimum Gasteiger partial charge on any atom is -0.507 e. The second-order valence-electron chi connectivity index (χ2n) is 9.99. The van der Waals surface area contributed by atoms with Crippen LogP contribution in [0.5, 0.6) is 11.5 Å². The quantitative estimate of drug-likeness (QED) is 0.202. The second kappa shape index (κ2) is 14.0. The van der Waals surface area contributed by atoms with Gasteiger partial charge in [-0.25, -0.2) is 0 Å². The van der Waals surface area contributed by atoms with E-state index in [0.717, 1.165) is 44.5 Å². The number of esters is 4. The minimum absolute atomic E-state index is 0.00820. The van der Waals surface area contributed by atoms with Crippen LogP contribution in [0.3, 0.4) is 0 Å². The molecule has 2 aromatic carbocycles. The molecule has 0 aliphatic carbocycles. The van der Waals surface area contributed by atoms with Crippen LogP contribution in [-0.2, 0) is 49.3 Å². The van der Waals surface area contributed by atoms with Gasteiger partial charge < -0.3 is 33.5 Å². The molecule has 1 aromatic heterocycles. The fourth-order valence-corrected chi connectivity index (χ4v) is 4.72. The average molecular weight is 610 g/mol. The summed E-state index contributed by atoms with van der Waals surface area (Å²) in [5, 5.41) is 12.6. The van der Waals surface area contributed by atoms with E-state index in [-0.39, 0.29) is 17.7 Å². The first kappa shape index (κ1) is 31.9. The maximum absolute atomic E-state index is 13.0. The van der Waals surface area contributed by atoms with Gasteiger partial charge in [0.25, 0.3) is 0 Å². The number of carbonyl (C=O) groups is 5. The Balaban J connectivity index is 1.59. The van der Waals surface area contributed by atoms with Crippen LogP contribution >= 0.6 is 0 Å². The van der Waals surface area contributed by atoms with Gasteiger partial charge in [-0.1, -0.05) is 24.3 Å². The zero-order valence-electron chi connectivity index (χ0n) is 24.4. The van der Waals surface area contributed by atoms with Crippen molar-refractivity contribution in [3.8, 4) is 11.5 Å². The first-order chi connectivity index (χ1) is 20.9. The van der Waals surface area contributed by atoms with Crippen molar-refractivity contribution in [3.05, 3.63) is 66.0 Å². The van der Waals surface area contributed by atoms with Crippen LogP contribution in [0.15, 0.2) is 54.7 Å². The summed E-state index contributed by atoms with van der Waals surface area (Å²) in [4.78, 5) is 64.8. The number of ketones is 1. The normalized spacial score (nSPS) is 21.1. The SMILES string of the molecule is CC(=O)OC[C@@H]1O[C@@H](Oc2ccc(C(=O)Cc3cc4ccccc4cn3)c(O)c2)[C@@H](OC(C)=O)[C@@H](OC(C)=O)[C@@H]1OC(C)=O. The summed E-state index contributed by atoms with van der Waals surface area (Å²) in [5.74, 6) is -3.84. The van der Waals surface area contributed by atoms with Crippen LogP contribution in [0, 0.1) is 0 Å². The van der Waals surface area contributed by atoms with Crippen molar-refractivity contribution in [3.63, 3.8) is 0 Å². The molecule has 1 fully saturated rings. The number of rotatable bonds is 10. The van der Waals surface area contributed by atoms with Gasteiger partial charge in [0.1, 0.15) is 24.2 Å². The minimum atomic E-state index is -1.50. The van der Waals surface area contributed by atoms with E-state index < -0.39 is 72.7 Å². The summed E-state index contributed by atoms with van der Waals surface area (Å²) in [5.41, 5.74) is 0.528. The van der Waals surface area contributed by atoms with Gasteiger partial charge in [0.2, 0.25) is 12.4 Å². The summed E-state index contributed by atoms with van der Waals surface area (Å²) in [6, 6.07) is 13.3. The standard InChI is InChI=1S/C31H31NO12/c1-16(33)39-15-27-28(40-17(2)34)29(41-18(3)35)30(42-19(4)36)31(44-27)43-23-9-10-24(26(38)13-23)25(37)12-22-11-20-7-5-6-8-21(20)14-32-22/h5-11,13-14,27-31,38H,12,15H2,1-4H3/t27-,28+,29-,30-,31+/m0/s1. The Morgan fingerprint density at radius 2 is 1.43 bits per heavy atom. The van der Waals surface area contributed by atoms with Crippen LogP contribution in [0.25, 0.3) is 10.8 Å². The first-order valence-electron chi connectivity index (χ1n) is 13.6. The monoisotopic (exact) mass is 609 g/mol. The van der Waals surface area contributed by atoms with E-state index in [4.69, 9.17) is 28.4 Å². The number of fused-ring (bicyclic) bond motifs is 1. The highest BCUT2D eigenvalue weighted by Gasteiger charge is 2.53. The number of pyridine rings is 1. The lowest BCUT2D eigenvalue weighted by molar-refractivity contribution is -0.288. The number of carbonyl (C=O) groups excluding carboxylic acids is 5. The van der Waals surface area contributed by atoms with Gasteiger partial charge in [-0.15, -0.1) is 0 Å². The molecule has 5 atom stereocenters. The van der Waals surface area contributed by atoms with E-state index in [2.05, 4.69) is 4.98 Å². The van der Waals surface area contributed by atoms with E-state index in [1.165, 1.54) is 12.1 Å². The number of phenolic OH excluding ortho intramolecular Hbond substituents is 1. The summed E-state index contributed by atoms with van der Waals surface area (Å²) < 4.78 is 33.0. The van der Waals surface area contributed by atoms with Crippen LogP contribution in [0.1, 0.15) is 43.7 Å². The van der Waals surface area contributed by atoms with Crippen LogP contribution in [0.2, 0.25) is 0 Å². The molecular weight excluding hydrogens is 578 g/mol. The Hall–Kier alpha value is -5.04. The number of hydrogen-bond acceptors (Lipinski definition) is 13. The average Bonchev–Trinajstić information content (AvgIpc) is 2.94. The maximum atomic E-state index is 13.0. The van der Waals surface area contributed by atoms with Gasteiger partial charge in [0.05, 0.1) is 12.0 Å². The Bertz CT molecular complexity index is 1570. The number of ether oxygens (including phenoxy) is 6. The number of Topliss-reactive ketones (excluding diaryl/α,β-unsaturated/α-hetero) is 1. The molecule has 0 amide bonds. The Morgan fingerprint density at radius 3 is 2.07 bits per heavy atom. The molecule has 44 heavy (non-hydrogen) atoms. The Labute approximate surface area is 252 Å². The number of hydrogen-bond donors (Lipinski definition) is 1. The highest BCUT2D eigenvalue weighted by atomic mass is 16.7. The zero-order valence-corrected chi connectivity index (χ0v) is 24.4. The molecule has 3 aromatic rings. The number of benzene rings is 2. The van der Waals surface area contributed by atoms with Crippen molar-refractivity contribution in [2.24, 2.45) is 0 Å². The van der Waals surface area contributed by atoms with Gasteiger partial charge in [-0.3, -0.25) is 29.0 Å². The molecule has 1 saturated heterocycles. The summed E-state index contributed by atoms with van der Waals surface area (Å²) >= 11 is 0. The smallest absolute Gasteiger partial charge is 0.303 e. The van der Waals surface area contributed by atoms with E-state index in [1.54, 1.807) is 12.3 Å². The number of aromatic nitrogens is 1. The molecule has 0 radical (unpaired) electrons. The van der Waals surface area contributed by atoms with Gasteiger partial charge >= 0.3 is 23.9 Å². The lowest BCUT2D eigenvalue weighted by atomic mass is 9.98. The second-order valence-corrected chi connectivity index (χ2v) is 9.99. The predicted molar refractivity (Wildman–Crippen MR) is 150 cm³/mol. The van der Waals surface area contributed by atoms with Crippen molar-refractivity contribution in [1.29, 1.82) is 0 Å². The fraction of sp³-hybridized carbons (Fsp3) is 0.355. The molecule has 2 heterocycles. The molecule has 13 heteroatoms. The molecule has 1 aliphatic heterocycles. The van der Waals surface area contributed by atoms with Crippen molar-refractivity contribution in [2.75, 3.05) is 6.61 Å². The van der Waals surface area contributed by atoms with Gasteiger partial charge in [0, 0.05) is 51.0 Å². The highest BCUT2D eigenvalue weighted by Crippen LogP contribution is 2.33. The summed E-state index contributed by atoms with van der Waals surface area (Å²) in [6.45, 7) is 4.04. The van der Waals surface area contributed by atoms with Crippen LogP contribution in [0.4, 0.5) is 0 Å². The van der Waals surface area contributed by atoms with Crippen molar-refractivity contribution in [2.45, 2.75) is 64.8 Å². The molecule has 0 saturated carbocycles. The van der Waals surface area contributed by atoms with E-state index in [9.17, 15) is 29.1 Å². The number of phenols is 1. The molecule has 1 N–H and O–H groups in total. The van der Waals surface area contributed by atoms with Crippen LogP contribution in [-0.4, -0.2) is 77.1 Å². The van der Waals surface area contributed by atoms with Crippen molar-refractivity contribution < 1.29 is 57.5 Å². The molecule has 0 bridgehead atoms. The van der Waals surface area contributed by atoms with E-state index in [1.807, 2.05) is 24.3 Å². The van der Waals surface area contributed by atoms with Crippen molar-refractivity contribution >= 4 is 40.4 Å². The van der Waals surface area contributed by atoms with E-state index >= 15 is 0 Å². The lowest BCUT2D eigenvalue weighted by Crippen LogP contribution is -2.63. The molecule has 1 aliphatic rings. The first-order valence-corrected chi connectivity index (χ1v) is 13.6. The third kappa shape index (κ3) is 8.07. The summed E-state index contributed by atoms with van der Waals surface area (Å²) in [6.07, 6.45) is -5.36. The maximum Gasteiger partial charge on any atom is 0.303 e. The fourth-order valence-electron chi connectivity index (χ4n) is 4.72. The molecule has 232 valence electrons. The predicted octanol–water partition coefficient (Wildman–Crippen LogP) is 2.83. The zero-order chi connectivity index (χ0) is 32.0. The highest BCUT2D eigenvalue weighted by molar-refractivity contribution is 6.00. The largest absolute Gasteiger partial charge is 0.507 e. The molecular formula is C31H31NO12. The number of nitrogens with zero attached hydrogens (tertiary/aromatic N) is 1. The lowest BCUT2D eigenvalue weighted by Gasteiger charge is -2.43. The molecule has 13 nitrogen and oxygen atoms in total. The Kier molecular flexibility index (Phi) is 10.1. The van der Waals surface area contributed by atoms with Gasteiger partial charge in [-0.05, 0) is 23.6 Å². The third-order valence-electron chi connectivity index (χ3n) is 6.50. The third-order valence-corrected chi connectivity index (χ3v) is 6.50. The number of aromatic hydroxyl groups is 1. The molecule has 0 unspecified atom stereocenters. The van der Waals surface area contributed by atoms with Crippen LogP contribution < -0.4 is 4.74 Å². The van der Waals surface area contributed by atoms with Crippen molar-refractivity contribution in [1.82, 2.24) is 4.98 Å².